The summed E-state index contributed by atoms with van der Waals surface area (Å²) in [5.41, 5.74) is 0.467. The number of aliphatic imine (C=N–C) groups is 1. The van der Waals surface area contributed by atoms with Crippen molar-refractivity contribution in [2.24, 2.45) is 4.99 Å². The largest absolute Gasteiger partial charge is 0.490 e. The summed E-state index contributed by atoms with van der Waals surface area (Å²) >= 11 is 0. The highest BCUT2D eigenvalue weighted by atomic mass is 19.3. The van der Waals surface area contributed by atoms with Gasteiger partial charge < -0.3 is 25.0 Å². The van der Waals surface area contributed by atoms with Crippen LogP contribution < -0.4 is 20.1 Å². The molecule has 1 amide bonds. The highest BCUT2D eigenvalue weighted by Gasteiger charge is 2.18. The number of halogens is 2. The fourth-order valence-corrected chi connectivity index (χ4v) is 2.92. The number of nitrogens with one attached hydrogen (secondary N) is 2. The fourth-order valence-electron chi connectivity index (χ4n) is 2.92. The summed E-state index contributed by atoms with van der Waals surface area (Å²) in [6.07, 6.45) is 2.06. The third-order valence-electron chi connectivity index (χ3n) is 4.18. The zero-order chi connectivity index (χ0) is 20.4. The van der Waals surface area contributed by atoms with Crippen molar-refractivity contribution in [2.75, 3.05) is 32.8 Å². The van der Waals surface area contributed by atoms with Gasteiger partial charge in [0.1, 0.15) is 0 Å². The van der Waals surface area contributed by atoms with Crippen LogP contribution in [0.1, 0.15) is 32.3 Å². The van der Waals surface area contributed by atoms with Gasteiger partial charge in [-0.15, -0.1) is 0 Å². The summed E-state index contributed by atoms with van der Waals surface area (Å²) in [6.45, 7) is 3.43. The molecule has 0 aromatic heterocycles. The second-order valence-corrected chi connectivity index (χ2v) is 6.19. The lowest BCUT2D eigenvalue weighted by molar-refractivity contribution is -0.128. The molecule has 0 bridgehead atoms. The quantitative estimate of drug-likeness (QED) is 0.493. The lowest BCUT2D eigenvalue weighted by Gasteiger charge is -2.17. The molecule has 0 saturated carbocycles. The Balaban J connectivity index is 2.08. The van der Waals surface area contributed by atoms with Crippen molar-refractivity contribution < 1.29 is 23.0 Å². The van der Waals surface area contributed by atoms with E-state index >= 15 is 0 Å². The van der Waals surface area contributed by atoms with E-state index in [9.17, 15) is 13.6 Å². The molecule has 0 spiro atoms. The SMILES string of the molecule is CCNC(=NCc1cccc(OCC)c1OC(F)F)NCC(=O)N1CCCC1. The van der Waals surface area contributed by atoms with Gasteiger partial charge in [0.25, 0.3) is 0 Å². The fraction of sp³-hybridized carbons (Fsp3) is 0.579. The number of likely N-dealkylation sites (tertiary alicyclic amines) is 1. The van der Waals surface area contributed by atoms with Crippen LogP contribution in [0.15, 0.2) is 23.2 Å². The molecule has 1 aromatic carbocycles. The molecule has 0 radical (unpaired) electrons. The average molecular weight is 398 g/mol. The normalized spacial score (nSPS) is 14.3. The van der Waals surface area contributed by atoms with E-state index < -0.39 is 6.61 Å². The van der Waals surface area contributed by atoms with Gasteiger partial charge in [0.05, 0.1) is 19.7 Å². The maximum Gasteiger partial charge on any atom is 0.387 e. The Kier molecular flexibility index (Phi) is 8.77. The summed E-state index contributed by atoms with van der Waals surface area (Å²) < 4.78 is 35.7. The number of hydrogen-bond donors (Lipinski definition) is 2. The van der Waals surface area contributed by atoms with E-state index in [0.717, 1.165) is 25.9 Å². The van der Waals surface area contributed by atoms with Gasteiger partial charge in [-0.25, -0.2) is 4.99 Å². The van der Waals surface area contributed by atoms with Crippen LogP contribution in [0.25, 0.3) is 0 Å². The summed E-state index contributed by atoms with van der Waals surface area (Å²) in [7, 11) is 0. The van der Waals surface area contributed by atoms with Crippen LogP contribution in [0.5, 0.6) is 11.5 Å². The van der Waals surface area contributed by atoms with Crippen LogP contribution in [0, 0.1) is 0 Å². The molecule has 9 heteroatoms. The van der Waals surface area contributed by atoms with E-state index in [1.807, 2.05) is 11.8 Å². The molecule has 1 aliphatic heterocycles. The molecule has 1 saturated heterocycles. The zero-order valence-electron chi connectivity index (χ0n) is 16.3. The minimum Gasteiger partial charge on any atom is -0.490 e. The lowest BCUT2D eigenvalue weighted by Crippen LogP contribution is -2.44. The van der Waals surface area contributed by atoms with Gasteiger partial charge in [-0.3, -0.25) is 4.79 Å². The smallest absolute Gasteiger partial charge is 0.387 e. The van der Waals surface area contributed by atoms with Gasteiger partial charge in [0, 0.05) is 25.2 Å². The number of benzene rings is 1. The summed E-state index contributed by atoms with van der Waals surface area (Å²) in [4.78, 5) is 18.4. The van der Waals surface area contributed by atoms with Crippen molar-refractivity contribution in [1.82, 2.24) is 15.5 Å². The van der Waals surface area contributed by atoms with Crippen LogP contribution in [-0.4, -0.2) is 56.2 Å². The molecular formula is C19H28F2N4O3. The van der Waals surface area contributed by atoms with Crippen molar-refractivity contribution in [2.45, 2.75) is 39.8 Å². The van der Waals surface area contributed by atoms with Crippen LogP contribution >= 0.6 is 0 Å². The van der Waals surface area contributed by atoms with Gasteiger partial charge >= 0.3 is 6.61 Å². The lowest BCUT2D eigenvalue weighted by atomic mass is 10.2. The van der Waals surface area contributed by atoms with Crippen LogP contribution in [-0.2, 0) is 11.3 Å². The van der Waals surface area contributed by atoms with Crippen molar-refractivity contribution in [3.05, 3.63) is 23.8 Å². The van der Waals surface area contributed by atoms with Crippen LogP contribution in [0.2, 0.25) is 0 Å². The Hall–Kier alpha value is -2.58. The molecule has 7 nitrogen and oxygen atoms in total. The molecule has 0 unspecified atom stereocenters. The number of hydrogen-bond acceptors (Lipinski definition) is 4. The number of rotatable bonds is 9. The molecule has 1 aromatic rings. The Morgan fingerprint density at radius 1 is 1.25 bits per heavy atom. The van der Waals surface area contributed by atoms with Crippen molar-refractivity contribution in [1.29, 1.82) is 0 Å². The van der Waals surface area contributed by atoms with E-state index in [1.165, 1.54) is 0 Å². The highest BCUT2D eigenvalue weighted by molar-refractivity contribution is 5.86. The number of amides is 1. The van der Waals surface area contributed by atoms with Crippen molar-refractivity contribution >= 4 is 11.9 Å². The van der Waals surface area contributed by atoms with E-state index in [0.29, 0.717) is 24.7 Å². The number of nitrogens with zero attached hydrogens (tertiary/aromatic N) is 2. The maximum absolute atomic E-state index is 12.8. The minimum absolute atomic E-state index is 0.0168. The molecule has 1 aliphatic rings. The second-order valence-electron chi connectivity index (χ2n) is 6.19. The standard InChI is InChI=1S/C19H28F2N4O3/c1-3-22-19(24-13-16(26)25-10-5-6-11-25)23-12-14-8-7-9-15(27-4-2)17(14)28-18(20)21/h7-9,18H,3-6,10-13H2,1-2H3,(H2,22,23,24). The van der Waals surface area contributed by atoms with Crippen LogP contribution in [0.4, 0.5) is 8.78 Å². The molecule has 1 fully saturated rings. The molecule has 156 valence electrons. The maximum atomic E-state index is 12.8. The number of ether oxygens (including phenoxy) is 2. The molecular weight excluding hydrogens is 370 g/mol. The average Bonchev–Trinajstić information content (AvgIpc) is 3.20. The van der Waals surface area contributed by atoms with Gasteiger partial charge in [0.15, 0.2) is 17.5 Å². The Morgan fingerprint density at radius 2 is 2.00 bits per heavy atom. The topological polar surface area (TPSA) is 75.2 Å². The first kappa shape index (κ1) is 21.7. The summed E-state index contributed by atoms with van der Waals surface area (Å²) in [5, 5.41) is 6.04. The van der Waals surface area contributed by atoms with Crippen LogP contribution in [0.3, 0.4) is 0 Å². The molecule has 0 atom stereocenters. The first-order valence-corrected chi connectivity index (χ1v) is 9.54. The number of carbonyl (C=O) groups excluding carboxylic acids is 1. The second kappa shape index (κ2) is 11.3. The predicted octanol–water partition coefficient (Wildman–Crippen LogP) is 2.36. The Morgan fingerprint density at radius 3 is 2.64 bits per heavy atom. The predicted molar refractivity (Wildman–Crippen MR) is 103 cm³/mol. The molecule has 2 N–H and O–H groups in total. The Labute approximate surface area is 164 Å². The summed E-state index contributed by atoms with van der Waals surface area (Å²) in [6, 6.07) is 4.93. The molecule has 1 heterocycles. The van der Waals surface area contributed by atoms with E-state index in [-0.39, 0.29) is 30.5 Å². The molecule has 28 heavy (non-hydrogen) atoms. The van der Waals surface area contributed by atoms with Gasteiger partial charge in [0.2, 0.25) is 5.91 Å². The summed E-state index contributed by atoms with van der Waals surface area (Å²) in [5.74, 6) is 0.674. The first-order valence-electron chi connectivity index (χ1n) is 9.54. The highest BCUT2D eigenvalue weighted by Crippen LogP contribution is 2.33. The number of guanidine groups is 1. The van der Waals surface area contributed by atoms with E-state index in [2.05, 4.69) is 20.4 Å². The third-order valence-corrected chi connectivity index (χ3v) is 4.18. The van der Waals surface area contributed by atoms with Gasteiger partial charge in [-0.05, 0) is 32.8 Å². The van der Waals surface area contributed by atoms with Crippen molar-refractivity contribution in [3.63, 3.8) is 0 Å². The minimum atomic E-state index is -2.96. The van der Waals surface area contributed by atoms with E-state index in [1.54, 1.807) is 25.1 Å². The van der Waals surface area contributed by atoms with Crippen molar-refractivity contribution in [3.8, 4) is 11.5 Å². The number of alkyl halides is 2. The molecule has 0 aliphatic carbocycles. The monoisotopic (exact) mass is 398 g/mol. The zero-order valence-corrected chi connectivity index (χ0v) is 16.3. The van der Waals surface area contributed by atoms with Gasteiger partial charge in [-0.1, -0.05) is 12.1 Å². The number of carbonyl (C=O) groups is 1. The van der Waals surface area contributed by atoms with E-state index in [4.69, 9.17) is 4.74 Å². The molecule has 2 rings (SSSR count). The Bertz CT molecular complexity index is 665. The third kappa shape index (κ3) is 6.54. The number of para-hydroxylation sites is 1. The van der Waals surface area contributed by atoms with Gasteiger partial charge in [-0.2, -0.15) is 8.78 Å². The first-order chi connectivity index (χ1) is 13.5.